The fourth-order valence-electron chi connectivity index (χ4n) is 2.39. The Hall–Kier alpha value is -0.910. The highest BCUT2D eigenvalue weighted by atomic mass is 32.2. The van der Waals surface area contributed by atoms with Crippen LogP contribution in [0.2, 0.25) is 0 Å². The smallest absolute Gasteiger partial charge is 0.124 e. The molecule has 5 heteroatoms. The van der Waals surface area contributed by atoms with Crippen molar-refractivity contribution < 1.29 is 14.6 Å². The number of thioether (sulfide) groups is 1. The molecule has 1 aliphatic heterocycles. The molecule has 1 heterocycles. The zero-order chi connectivity index (χ0) is 14.4. The molecule has 0 saturated carbocycles. The quantitative estimate of drug-likeness (QED) is 0.843. The Kier molecular flexibility index (Phi) is 6.01. The van der Waals surface area contributed by atoms with Crippen molar-refractivity contribution in [3.05, 3.63) is 23.8 Å². The second-order valence-corrected chi connectivity index (χ2v) is 6.14. The number of rotatable bonds is 6. The lowest BCUT2D eigenvalue weighted by atomic mass is 10.1. The molecular weight excluding hydrogens is 274 g/mol. The van der Waals surface area contributed by atoms with E-state index in [1.54, 1.807) is 14.2 Å². The van der Waals surface area contributed by atoms with Crippen LogP contribution in [0.3, 0.4) is 0 Å². The molecule has 1 saturated heterocycles. The summed E-state index contributed by atoms with van der Waals surface area (Å²) in [4.78, 5) is 0. The van der Waals surface area contributed by atoms with Gasteiger partial charge in [0.1, 0.15) is 11.5 Å². The maximum Gasteiger partial charge on any atom is 0.124 e. The first-order valence-corrected chi connectivity index (χ1v) is 8.11. The van der Waals surface area contributed by atoms with E-state index < -0.39 is 6.10 Å². The Labute approximate surface area is 124 Å². The number of hydrogen-bond donors (Lipinski definition) is 2. The standard InChI is InChI=1S/C15H23NO3S/c1-18-12-3-4-15(19-2)13(9-12)14(17)10-16-11-5-7-20-8-6-11/h3-4,9,11,14,16-17H,5-8,10H2,1-2H3. The predicted molar refractivity (Wildman–Crippen MR) is 82.9 cm³/mol. The molecule has 1 fully saturated rings. The molecule has 2 N–H and O–H groups in total. The lowest BCUT2D eigenvalue weighted by molar-refractivity contribution is 0.164. The van der Waals surface area contributed by atoms with Crippen molar-refractivity contribution in [3.63, 3.8) is 0 Å². The Morgan fingerprint density at radius 3 is 2.70 bits per heavy atom. The highest BCUT2D eigenvalue weighted by Gasteiger charge is 2.18. The first-order chi connectivity index (χ1) is 9.74. The van der Waals surface area contributed by atoms with Crippen LogP contribution < -0.4 is 14.8 Å². The number of hydrogen-bond acceptors (Lipinski definition) is 5. The van der Waals surface area contributed by atoms with Crippen molar-refractivity contribution in [1.29, 1.82) is 0 Å². The van der Waals surface area contributed by atoms with Gasteiger partial charge in [0.15, 0.2) is 0 Å². The monoisotopic (exact) mass is 297 g/mol. The molecule has 0 amide bonds. The van der Waals surface area contributed by atoms with Crippen LogP contribution in [0, 0.1) is 0 Å². The Balaban J connectivity index is 1.98. The van der Waals surface area contributed by atoms with Gasteiger partial charge in [-0.25, -0.2) is 0 Å². The lowest BCUT2D eigenvalue weighted by Gasteiger charge is -2.24. The van der Waals surface area contributed by atoms with Crippen LogP contribution in [-0.4, -0.2) is 43.4 Å². The number of methoxy groups -OCH3 is 2. The molecule has 1 aromatic carbocycles. The topological polar surface area (TPSA) is 50.7 Å². The molecule has 20 heavy (non-hydrogen) atoms. The van der Waals surface area contributed by atoms with Gasteiger partial charge in [-0.05, 0) is 42.5 Å². The van der Waals surface area contributed by atoms with Crippen molar-refractivity contribution in [2.45, 2.75) is 25.0 Å². The number of ether oxygens (including phenoxy) is 2. The molecule has 0 radical (unpaired) electrons. The van der Waals surface area contributed by atoms with Gasteiger partial charge in [-0.3, -0.25) is 0 Å². The molecule has 0 spiro atoms. The molecule has 112 valence electrons. The molecule has 4 nitrogen and oxygen atoms in total. The van der Waals surface area contributed by atoms with Gasteiger partial charge in [0, 0.05) is 18.2 Å². The number of aliphatic hydroxyl groups is 1. The Morgan fingerprint density at radius 1 is 1.30 bits per heavy atom. The molecular formula is C15H23NO3S. The van der Waals surface area contributed by atoms with Gasteiger partial charge in [0.2, 0.25) is 0 Å². The molecule has 2 rings (SSSR count). The third kappa shape index (κ3) is 4.04. The highest BCUT2D eigenvalue weighted by molar-refractivity contribution is 7.99. The Morgan fingerprint density at radius 2 is 2.05 bits per heavy atom. The molecule has 1 aliphatic rings. The maximum atomic E-state index is 10.4. The van der Waals surface area contributed by atoms with E-state index >= 15 is 0 Å². The van der Waals surface area contributed by atoms with E-state index in [0.717, 1.165) is 11.3 Å². The van der Waals surface area contributed by atoms with Crippen molar-refractivity contribution in [2.75, 3.05) is 32.3 Å². The van der Waals surface area contributed by atoms with E-state index in [0.29, 0.717) is 18.3 Å². The van der Waals surface area contributed by atoms with Crippen LogP contribution in [0.1, 0.15) is 24.5 Å². The van der Waals surface area contributed by atoms with E-state index in [2.05, 4.69) is 5.32 Å². The normalized spacial score (nSPS) is 17.8. The highest BCUT2D eigenvalue weighted by Crippen LogP contribution is 2.29. The van der Waals surface area contributed by atoms with Gasteiger partial charge >= 0.3 is 0 Å². The summed E-state index contributed by atoms with van der Waals surface area (Å²) in [6.07, 6.45) is 1.76. The summed E-state index contributed by atoms with van der Waals surface area (Å²) in [6.45, 7) is 0.541. The first kappa shape index (κ1) is 15.5. The molecule has 1 aromatic rings. The van der Waals surface area contributed by atoms with E-state index in [1.165, 1.54) is 24.3 Å². The summed E-state index contributed by atoms with van der Waals surface area (Å²) in [5.41, 5.74) is 0.768. The zero-order valence-corrected chi connectivity index (χ0v) is 12.9. The van der Waals surface area contributed by atoms with Crippen LogP contribution in [-0.2, 0) is 0 Å². The van der Waals surface area contributed by atoms with E-state index in [-0.39, 0.29) is 0 Å². The predicted octanol–water partition coefficient (Wildman–Crippen LogP) is 2.22. The number of nitrogens with one attached hydrogen (secondary N) is 1. The van der Waals surface area contributed by atoms with Crippen LogP contribution in [0.25, 0.3) is 0 Å². The van der Waals surface area contributed by atoms with Crippen molar-refractivity contribution >= 4 is 11.8 Å². The van der Waals surface area contributed by atoms with Gasteiger partial charge in [-0.1, -0.05) is 0 Å². The summed E-state index contributed by atoms with van der Waals surface area (Å²) in [7, 11) is 3.24. The van der Waals surface area contributed by atoms with Crippen LogP contribution >= 0.6 is 11.8 Å². The maximum absolute atomic E-state index is 10.4. The van der Waals surface area contributed by atoms with E-state index in [1.807, 2.05) is 30.0 Å². The Bertz CT molecular complexity index is 422. The lowest BCUT2D eigenvalue weighted by Crippen LogP contribution is -2.35. The molecule has 1 unspecified atom stereocenters. The van der Waals surface area contributed by atoms with Crippen molar-refractivity contribution in [1.82, 2.24) is 5.32 Å². The van der Waals surface area contributed by atoms with Gasteiger partial charge in [0.25, 0.3) is 0 Å². The zero-order valence-electron chi connectivity index (χ0n) is 12.1. The fraction of sp³-hybridized carbons (Fsp3) is 0.600. The second kappa shape index (κ2) is 7.76. The summed E-state index contributed by atoms with van der Waals surface area (Å²) in [6, 6.07) is 6.01. The number of aliphatic hydroxyl groups excluding tert-OH is 1. The summed E-state index contributed by atoms with van der Waals surface area (Å²) in [5, 5.41) is 13.8. The van der Waals surface area contributed by atoms with Gasteiger partial charge in [-0.2, -0.15) is 11.8 Å². The minimum Gasteiger partial charge on any atom is -0.497 e. The molecule has 0 aromatic heterocycles. The SMILES string of the molecule is COc1ccc(OC)c(C(O)CNC2CCSCC2)c1. The van der Waals surface area contributed by atoms with E-state index in [9.17, 15) is 5.11 Å². The largest absolute Gasteiger partial charge is 0.497 e. The third-order valence-electron chi connectivity index (χ3n) is 3.62. The molecule has 0 bridgehead atoms. The van der Waals surface area contributed by atoms with Gasteiger partial charge < -0.3 is 19.9 Å². The van der Waals surface area contributed by atoms with Crippen LogP contribution in [0.15, 0.2) is 18.2 Å². The number of benzene rings is 1. The summed E-state index contributed by atoms with van der Waals surface area (Å²) in [5.74, 6) is 3.83. The minimum absolute atomic E-state index is 0.516. The molecule has 0 aliphatic carbocycles. The minimum atomic E-state index is -0.588. The van der Waals surface area contributed by atoms with Gasteiger partial charge in [0.05, 0.1) is 20.3 Å². The van der Waals surface area contributed by atoms with Crippen LogP contribution in [0.4, 0.5) is 0 Å². The average molecular weight is 297 g/mol. The van der Waals surface area contributed by atoms with Crippen LogP contribution in [0.5, 0.6) is 11.5 Å². The third-order valence-corrected chi connectivity index (χ3v) is 4.67. The fourth-order valence-corrected chi connectivity index (χ4v) is 3.50. The average Bonchev–Trinajstić information content (AvgIpc) is 2.52. The molecule has 1 atom stereocenters. The summed E-state index contributed by atoms with van der Waals surface area (Å²) >= 11 is 2.00. The second-order valence-electron chi connectivity index (χ2n) is 4.92. The van der Waals surface area contributed by atoms with Crippen molar-refractivity contribution in [2.24, 2.45) is 0 Å². The van der Waals surface area contributed by atoms with Crippen molar-refractivity contribution in [3.8, 4) is 11.5 Å². The van der Waals surface area contributed by atoms with E-state index in [4.69, 9.17) is 9.47 Å². The first-order valence-electron chi connectivity index (χ1n) is 6.95. The summed E-state index contributed by atoms with van der Waals surface area (Å²) < 4.78 is 10.5. The van der Waals surface area contributed by atoms with Gasteiger partial charge in [-0.15, -0.1) is 0 Å².